The van der Waals surface area contributed by atoms with E-state index in [0.29, 0.717) is 6.54 Å². The Kier molecular flexibility index (Phi) is 4.72. The van der Waals surface area contributed by atoms with Crippen molar-refractivity contribution >= 4 is 5.91 Å². The van der Waals surface area contributed by atoms with Crippen molar-refractivity contribution in [3.8, 4) is 0 Å². The molecule has 0 saturated carbocycles. The predicted octanol–water partition coefficient (Wildman–Crippen LogP) is 0.452. The largest absolute Gasteiger partial charge is 0.347 e. The molecule has 0 aliphatic carbocycles. The molecular weight excluding hydrogens is 204 g/mol. The van der Waals surface area contributed by atoms with Crippen LogP contribution >= 0.6 is 0 Å². The Morgan fingerprint density at radius 3 is 2.94 bits per heavy atom. The second-order valence-corrected chi connectivity index (χ2v) is 3.92. The van der Waals surface area contributed by atoms with E-state index in [4.69, 9.17) is 0 Å². The summed E-state index contributed by atoms with van der Waals surface area (Å²) in [7, 11) is 3.91. The highest BCUT2D eigenvalue weighted by atomic mass is 16.1. The number of likely N-dealkylation sites (N-methyl/N-ethyl adjacent to an activating group) is 1. The molecule has 1 rings (SSSR count). The highest BCUT2D eigenvalue weighted by Gasteiger charge is 1.99. The SMILES string of the molecule is Cc1cc(CNC(=O)/C=C/CN(C)C)n[nH]1. The van der Waals surface area contributed by atoms with Crippen LogP contribution in [-0.4, -0.2) is 41.6 Å². The van der Waals surface area contributed by atoms with Crippen LogP contribution in [0.5, 0.6) is 0 Å². The molecule has 1 aromatic heterocycles. The van der Waals surface area contributed by atoms with Crippen molar-refractivity contribution in [2.75, 3.05) is 20.6 Å². The topological polar surface area (TPSA) is 61.0 Å². The molecule has 0 saturated heterocycles. The van der Waals surface area contributed by atoms with Crippen LogP contribution in [0.2, 0.25) is 0 Å². The summed E-state index contributed by atoms with van der Waals surface area (Å²) in [5.41, 5.74) is 1.83. The molecule has 0 fully saturated rings. The van der Waals surface area contributed by atoms with Gasteiger partial charge in [0.05, 0.1) is 12.2 Å². The molecule has 5 heteroatoms. The van der Waals surface area contributed by atoms with Gasteiger partial charge in [-0.05, 0) is 27.1 Å². The van der Waals surface area contributed by atoms with Crippen molar-refractivity contribution in [2.24, 2.45) is 0 Å². The fourth-order valence-electron chi connectivity index (χ4n) is 1.17. The minimum atomic E-state index is -0.0949. The third-order valence-corrected chi connectivity index (χ3v) is 1.94. The van der Waals surface area contributed by atoms with Crippen molar-refractivity contribution in [1.29, 1.82) is 0 Å². The summed E-state index contributed by atoms with van der Waals surface area (Å²) in [6, 6.07) is 1.91. The van der Waals surface area contributed by atoms with Crippen molar-refractivity contribution in [3.63, 3.8) is 0 Å². The average Bonchev–Trinajstić information content (AvgIpc) is 2.61. The van der Waals surface area contributed by atoms with Gasteiger partial charge in [0.25, 0.3) is 0 Å². The molecule has 0 unspecified atom stereocenters. The maximum Gasteiger partial charge on any atom is 0.244 e. The lowest BCUT2D eigenvalue weighted by molar-refractivity contribution is -0.116. The van der Waals surface area contributed by atoms with E-state index >= 15 is 0 Å². The maximum atomic E-state index is 11.4. The molecule has 2 N–H and O–H groups in total. The first-order valence-corrected chi connectivity index (χ1v) is 5.18. The molecule has 0 atom stereocenters. The van der Waals surface area contributed by atoms with Crippen LogP contribution in [0, 0.1) is 6.92 Å². The zero-order valence-electron chi connectivity index (χ0n) is 9.95. The first kappa shape index (κ1) is 12.4. The van der Waals surface area contributed by atoms with Crippen LogP contribution in [0.15, 0.2) is 18.2 Å². The van der Waals surface area contributed by atoms with Crippen LogP contribution < -0.4 is 5.32 Å². The summed E-state index contributed by atoms with van der Waals surface area (Å²) in [6.45, 7) is 3.14. The third kappa shape index (κ3) is 4.75. The zero-order chi connectivity index (χ0) is 12.0. The van der Waals surface area contributed by atoms with Crippen molar-refractivity contribution in [1.82, 2.24) is 20.4 Å². The number of carbonyl (C=O) groups is 1. The van der Waals surface area contributed by atoms with Crippen LogP contribution in [-0.2, 0) is 11.3 Å². The lowest BCUT2D eigenvalue weighted by atomic mass is 10.3. The predicted molar refractivity (Wildman–Crippen MR) is 62.9 cm³/mol. The summed E-state index contributed by atoms with van der Waals surface area (Å²) in [4.78, 5) is 13.3. The second-order valence-electron chi connectivity index (χ2n) is 3.92. The van der Waals surface area contributed by atoms with E-state index < -0.39 is 0 Å². The van der Waals surface area contributed by atoms with Gasteiger partial charge in [-0.15, -0.1) is 0 Å². The van der Waals surface area contributed by atoms with Crippen LogP contribution in [0.4, 0.5) is 0 Å². The fourth-order valence-corrected chi connectivity index (χ4v) is 1.17. The number of aromatic nitrogens is 2. The Bertz CT molecular complexity index is 368. The number of rotatable bonds is 5. The van der Waals surface area contributed by atoms with Crippen LogP contribution in [0.3, 0.4) is 0 Å². The summed E-state index contributed by atoms with van der Waals surface area (Å²) < 4.78 is 0. The monoisotopic (exact) mass is 222 g/mol. The number of H-pyrrole nitrogens is 1. The molecule has 16 heavy (non-hydrogen) atoms. The lowest BCUT2D eigenvalue weighted by Gasteiger charge is -2.03. The average molecular weight is 222 g/mol. The molecule has 1 amide bonds. The van der Waals surface area contributed by atoms with Gasteiger partial charge in [0.15, 0.2) is 0 Å². The lowest BCUT2D eigenvalue weighted by Crippen LogP contribution is -2.21. The van der Waals surface area contributed by atoms with E-state index in [2.05, 4.69) is 15.5 Å². The fraction of sp³-hybridized carbons (Fsp3) is 0.455. The third-order valence-electron chi connectivity index (χ3n) is 1.94. The quantitative estimate of drug-likeness (QED) is 0.711. The van der Waals surface area contributed by atoms with E-state index in [1.165, 1.54) is 0 Å². The highest BCUT2D eigenvalue weighted by molar-refractivity contribution is 5.87. The first-order valence-electron chi connectivity index (χ1n) is 5.18. The van der Waals surface area contributed by atoms with E-state index in [-0.39, 0.29) is 5.91 Å². The van der Waals surface area contributed by atoms with E-state index in [1.807, 2.05) is 38.1 Å². The van der Waals surface area contributed by atoms with Gasteiger partial charge in [0.2, 0.25) is 5.91 Å². The Balaban J connectivity index is 2.27. The Labute approximate surface area is 95.5 Å². The van der Waals surface area contributed by atoms with Crippen LogP contribution in [0.1, 0.15) is 11.4 Å². The number of aryl methyl sites for hydroxylation is 1. The van der Waals surface area contributed by atoms with Crippen LogP contribution in [0.25, 0.3) is 0 Å². The molecule has 0 bridgehead atoms. The molecule has 5 nitrogen and oxygen atoms in total. The highest BCUT2D eigenvalue weighted by Crippen LogP contribution is 1.96. The number of nitrogens with one attached hydrogen (secondary N) is 2. The summed E-state index contributed by atoms with van der Waals surface area (Å²) in [5.74, 6) is -0.0949. The number of nitrogens with zero attached hydrogens (tertiary/aromatic N) is 2. The summed E-state index contributed by atoms with van der Waals surface area (Å²) in [6.07, 6.45) is 3.37. The van der Waals surface area contributed by atoms with Crippen molar-refractivity contribution in [3.05, 3.63) is 29.6 Å². The van der Waals surface area contributed by atoms with Gasteiger partial charge in [0, 0.05) is 18.3 Å². The Morgan fingerprint density at radius 1 is 1.62 bits per heavy atom. The number of hydrogen-bond donors (Lipinski definition) is 2. The standard InChI is InChI=1S/C11H18N4O/c1-9-7-10(14-13-9)8-12-11(16)5-4-6-15(2)3/h4-5,7H,6,8H2,1-3H3,(H,12,16)(H,13,14)/b5-4+. The molecular formula is C11H18N4O. The molecule has 0 radical (unpaired) electrons. The number of carbonyl (C=O) groups excluding carboxylic acids is 1. The first-order chi connectivity index (χ1) is 7.58. The normalized spacial score (nSPS) is 11.2. The molecule has 0 spiro atoms. The second kappa shape index (κ2) is 6.07. The molecule has 88 valence electrons. The number of hydrogen-bond acceptors (Lipinski definition) is 3. The van der Waals surface area contributed by atoms with Crippen molar-refractivity contribution in [2.45, 2.75) is 13.5 Å². The van der Waals surface area contributed by atoms with E-state index in [9.17, 15) is 4.79 Å². The maximum absolute atomic E-state index is 11.4. The van der Waals surface area contributed by atoms with Gasteiger partial charge in [-0.1, -0.05) is 6.08 Å². The van der Waals surface area contributed by atoms with Gasteiger partial charge in [-0.3, -0.25) is 9.89 Å². The summed E-state index contributed by atoms with van der Waals surface area (Å²) >= 11 is 0. The molecule has 1 aromatic rings. The van der Waals surface area contributed by atoms with Crippen molar-refractivity contribution < 1.29 is 4.79 Å². The Hall–Kier alpha value is -1.62. The van der Waals surface area contributed by atoms with E-state index in [0.717, 1.165) is 17.9 Å². The van der Waals surface area contributed by atoms with Gasteiger partial charge >= 0.3 is 0 Å². The van der Waals surface area contributed by atoms with E-state index in [1.54, 1.807) is 6.08 Å². The smallest absolute Gasteiger partial charge is 0.244 e. The minimum Gasteiger partial charge on any atom is -0.347 e. The summed E-state index contributed by atoms with van der Waals surface area (Å²) in [5, 5.41) is 9.61. The molecule has 0 aromatic carbocycles. The van der Waals surface area contributed by atoms with Gasteiger partial charge < -0.3 is 10.2 Å². The van der Waals surface area contributed by atoms with Gasteiger partial charge in [-0.2, -0.15) is 5.10 Å². The Morgan fingerprint density at radius 2 is 2.38 bits per heavy atom. The molecule has 0 aliphatic heterocycles. The molecule has 1 heterocycles. The molecule has 0 aliphatic rings. The van der Waals surface area contributed by atoms with Gasteiger partial charge in [0.1, 0.15) is 0 Å². The zero-order valence-corrected chi connectivity index (χ0v) is 9.95. The minimum absolute atomic E-state index is 0.0949. The number of amides is 1. The number of aromatic amines is 1. The van der Waals surface area contributed by atoms with Gasteiger partial charge in [-0.25, -0.2) is 0 Å².